The number of rotatable bonds is 9. The standard InChI is InChI=1S/C25H38N4S/c1-21(2)9-7-10-22(3)11-8-12-23(4)14-16-28-17-19-29(20-18-28)25(30)27-24-13-5-6-15-26-24/h5-6,9,11,13-15H,7-8,10,12,16-20H2,1-4H3,(H,26,27,30). The number of piperazine rings is 1. The Morgan fingerprint density at radius 1 is 0.967 bits per heavy atom. The molecule has 1 aliphatic heterocycles. The molecule has 0 spiro atoms. The van der Waals surface area contributed by atoms with Gasteiger partial charge in [0, 0.05) is 38.9 Å². The van der Waals surface area contributed by atoms with Crippen LogP contribution < -0.4 is 5.32 Å². The fourth-order valence-corrected chi connectivity index (χ4v) is 3.67. The normalized spacial score (nSPS) is 15.8. The smallest absolute Gasteiger partial charge is 0.174 e. The van der Waals surface area contributed by atoms with Crippen LogP contribution in [-0.2, 0) is 0 Å². The van der Waals surface area contributed by atoms with Gasteiger partial charge in [-0.05, 0) is 77.7 Å². The molecule has 1 saturated heterocycles. The SMILES string of the molecule is CC(C)=CCCC(C)=CCCC(C)=CCN1CCN(C(=S)Nc2ccccn2)CC1. The lowest BCUT2D eigenvalue weighted by Crippen LogP contribution is -2.49. The number of anilines is 1. The van der Waals surface area contributed by atoms with Crippen molar-refractivity contribution in [2.24, 2.45) is 0 Å². The number of nitrogens with one attached hydrogen (secondary N) is 1. The number of aromatic nitrogens is 1. The van der Waals surface area contributed by atoms with Crippen molar-refractivity contribution >= 4 is 23.1 Å². The summed E-state index contributed by atoms with van der Waals surface area (Å²) in [5, 5.41) is 4.00. The number of thiocarbonyl (C=S) groups is 1. The summed E-state index contributed by atoms with van der Waals surface area (Å²) in [6.07, 6.45) is 13.5. The van der Waals surface area contributed by atoms with E-state index in [9.17, 15) is 0 Å². The summed E-state index contributed by atoms with van der Waals surface area (Å²) >= 11 is 5.54. The van der Waals surface area contributed by atoms with Crippen LogP contribution in [0.3, 0.4) is 0 Å². The first-order valence-electron chi connectivity index (χ1n) is 11.1. The van der Waals surface area contributed by atoms with Crippen molar-refractivity contribution in [1.82, 2.24) is 14.8 Å². The molecule has 5 heteroatoms. The molecule has 1 aliphatic rings. The van der Waals surface area contributed by atoms with Crippen LogP contribution in [0.1, 0.15) is 53.4 Å². The molecule has 1 aromatic heterocycles. The highest BCUT2D eigenvalue weighted by atomic mass is 32.1. The highest BCUT2D eigenvalue weighted by molar-refractivity contribution is 7.80. The van der Waals surface area contributed by atoms with Crippen LogP contribution in [0.2, 0.25) is 0 Å². The fourth-order valence-electron chi connectivity index (χ4n) is 3.38. The minimum absolute atomic E-state index is 0.770. The van der Waals surface area contributed by atoms with Crippen LogP contribution >= 0.6 is 12.2 Å². The topological polar surface area (TPSA) is 31.4 Å². The number of pyridine rings is 1. The summed E-state index contributed by atoms with van der Waals surface area (Å²) in [5.41, 5.74) is 4.40. The molecule has 0 saturated carbocycles. The Balaban J connectivity index is 1.65. The Hall–Kier alpha value is -1.98. The molecule has 1 aromatic rings. The minimum atomic E-state index is 0.770. The Morgan fingerprint density at radius 3 is 2.27 bits per heavy atom. The monoisotopic (exact) mass is 426 g/mol. The third-order valence-electron chi connectivity index (χ3n) is 5.38. The molecule has 30 heavy (non-hydrogen) atoms. The molecular formula is C25H38N4S. The second-order valence-electron chi connectivity index (χ2n) is 8.39. The van der Waals surface area contributed by atoms with Crippen LogP contribution in [0.25, 0.3) is 0 Å². The van der Waals surface area contributed by atoms with Gasteiger partial charge in [-0.2, -0.15) is 0 Å². The van der Waals surface area contributed by atoms with Gasteiger partial charge in [0.05, 0.1) is 0 Å². The number of hydrogen-bond donors (Lipinski definition) is 1. The molecule has 0 aromatic carbocycles. The second kappa shape index (κ2) is 13.3. The molecule has 0 unspecified atom stereocenters. The Labute approximate surface area is 188 Å². The largest absolute Gasteiger partial charge is 0.346 e. The zero-order chi connectivity index (χ0) is 21.8. The van der Waals surface area contributed by atoms with E-state index in [1.807, 2.05) is 18.2 Å². The summed E-state index contributed by atoms with van der Waals surface area (Å²) < 4.78 is 0. The molecule has 0 aliphatic carbocycles. The summed E-state index contributed by atoms with van der Waals surface area (Å²) in [5.74, 6) is 0.810. The van der Waals surface area contributed by atoms with Gasteiger partial charge in [0.25, 0.3) is 0 Å². The van der Waals surface area contributed by atoms with Gasteiger partial charge in [0.15, 0.2) is 5.11 Å². The molecular weight excluding hydrogens is 388 g/mol. The lowest BCUT2D eigenvalue weighted by molar-refractivity contribution is 0.199. The first kappa shape index (κ1) is 24.3. The molecule has 4 nitrogen and oxygen atoms in total. The van der Waals surface area contributed by atoms with Crippen molar-refractivity contribution in [1.29, 1.82) is 0 Å². The van der Waals surface area contributed by atoms with Gasteiger partial charge < -0.3 is 10.2 Å². The molecule has 2 heterocycles. The van der Waals surface area contributed by atoms with Crippen LogP contribution in [0.4, 0.5) is 5.82 Å². The Morgan fingerprint density at radius 2 is 1.63 bits per heavy atom. The third kappa shape index (κ3) is 9.68. The van der Waals surface area contributed by atoms with E-state index in [1.54, 1.807) is 6.20 Å². The van der Waals surface area contributed by atoms with E-state index >= 15 is 0 Å². The first-order chi connectivity index (χ1) is 14.4. The predicted octanol–water partition coefficient (Wildman–Crippen LogP) is 5.82. The summed E-state index contributed by atoms with van der Waals surface area (Å²) in [4.78, 5) is 9.02. The molecule has 2 rings (SSSR count). The van der Waals surface area contributed by atoms with Gasteiger partial charge in [0.1, 0.15) is 5.82 Å². The van der Waals surface area contributed by atoms with E-state index in [4.69, 9.17) is 12.2 Å². The zero-order valence-electron chi connectivity index (χ0n) is 19.2. The third-order valence-corrected chi connectivity index (χ3v) is 5.74. The maximum absolute atomic E-state index is 5.54. The van der Waals surface area contributed by atoms with Crippen molar-refractivity contribution in [3.63, 3.8) is 0 Å². The Bertz CT molecular complexity index is 740. The minimum Gasteiger partial charge on any atom is -0.346 e. The van der Waals surface area contributed by atoms with Crippen molar-refractivity contribution in [2.75, 3.05) is 38.0 Å². The summed E-state index contributed by atoms with van der Waals surface area (Å²) in [6, 6.07) is 5.81. The van der Waals surface area contributed by atoms with Gasteiger partial charge in [-0.1, -0.05) is 41.0 Å². The number of nitrogens with zero attached hydrogens (tertiary/aromatic N) is 3. The van der Waals surface area contributed by atoms with Crippen molar-refractivity contribution in [2.45, 2.75) is 53.4 Å². The van der Waals surface area contributed by atoms with E-state index in [2.05, 4.69) is 66.0 Å². The van der Waals surface area contributed by atoms with Crippen molar-refractivity contribution < 1.29 is 0 Å². The molecule has 0 atom stereocenters. The zero-order valence-corrected chi connectivity index (χ0v) is 20.0. The number of allylic oxidation sites excluding steroid dienone is 5. The summed E-state index contributed by atoms with van der Waals surface area (Å²) in [7, 11) is 0. The van der Waals surface area contributed by atoms with Crippen LogP contribution in [0, 0.1) is 0 Å². The lowest BCUT2D eigenvalue weighted by atomic mass is 10.1. The first-order valence-corrected chi connectivity index (χ1v) is 11.5. The maximum Gasteiger partial charge on any atom is 0.174 e. The second-order valence-corrected chi connectivity index (χ2v) is 8.78. The van der Waals surface area contributed by atoms with E-state index < -0.39 is 0 Å². The molecule has 1 N–H and O–H groups in total. The average Bonchev–Trinajstić information content (AvgIpc) is 2.73. The number of hydrogen-bond acceptors (Lipinski definition) is 3. The van der Waals surface area contributed by atoms with E-state index in [0.29, 0.717) is 0 Å². The van der Waals surface area contributed by atoms with E-state index in [-0.39, 0.29) is 0 Å². The highest BCUT2D eigenvalue weighted by Gasteiger charge is 2.18. The lowest BCUT2D eigenvalue weighted by Gasteiger charge is -2.35. The van der Waals surface area contributed by atoms with Crippen LogP contribution in [0.5, 0.6) is 0 Å². The predicted molar refractivity (Wildman–Crippen MR) is 134 cm³/mol. The van der Waals surface area contributed by atoms with Gasteiger partial charge in [-0.15, -0.1) is 0 Å². The fraction of sp³-hybridized carbons (Fsp3) is 0.520. The Kier molecular flexibility index (Phi) is 10.8. The van der Waals surface area contributed by atoms with Gasteiger partial charge in [-0.3, -0.25) is 4.90 Å². The molecule has 0 radical (unpaired) electrons. The van der Waals surface area contributed by atoms with Crippen molar-refractivity contribution in [3.05, 3.63) is 59.3 Å². The molecule has 0 amide bonds. The van der Waals surface area contributed by atoms with Gasteiger partial charge in [-0.25, -0.2) is 4.98 Å². The van der Waals surface area contributed by atoms with Gasteiger partial charge >= 0.3 is 0 Å². The van der Waals surface area contributed by atoms with Crippen molar-refractivity contribution in [3.8, 4) is 0 Å². The van der Waals surface area contributed by atoms with Crippen LogP contribution in [0.15, 0.2) is 59.3 Å². The van der Waals surface area contributed by atoms with E-state index in [1.165, 1.54) is 23.1 Å². The molecule has 0 bridgehead atoms. The maximum atomic E-state index is 5.54. The molecule has 164 valence electrons. The van der Waals surface area contributed by atoms with E-state index in [0.717, 1.165) is 62.9 Å². The molecule has 1 fully saturated rings. The highest BCUT2D eigenvalue weighted by Crippen LogP contribution is 2.12. The average molecular weight is 427 g/mol. The van der Waals surface area contributed by atoms with Gasteiger partial charge in [0.2, 0.25) is 0 Å². The summed E-state index contributed by atoms with van der Waals surface area (Å²) in [6.45, 7) is 13.9. The van der Waals surface area contributed by atoms with Crippen LogP contribution in [-0.4, -0.2) is 52.6 Å². The quantitative estimate of drug-likeness (QED) is 0.397.